The van der Waals surface area contributed by atoms with E-state index in [0.29, 0.717) is 5.56 Å². The molecule has 146 valence electrons. The van der Waals surface area contributed by atoms with E-state index in [1.807, 2.05) is 24.3 Å². The van der Waals surface area contributed by atoms with E-state index in [1.165, 1.54) is 0 Å². The van der Waals surface area contributed by atoms with Gasteiger partial charge >= 0.3 is 5.97 Å². The number of rotatable bonds is 4. The molecule has 1 fully saturated rings. The lowest BCUT2D eigenvalue weighted by atomic mass is 9.72. The maximum absolute atomic E-state index is 12.5. The summed E-state index contributed by atoms with van der Waals surface area (Å²) in [5, 5.41) is 16.0. The molecule has 0 radical (unpaired) electrons. The summed E-state index contributed by atoms with van der Waals surface area (Å²) in [6.45, 7) is 4.34. The second-order valence-corrected chi connectivity index (χ2v) is 8.62. The van der Waals surface area contributed by atoms with Crippen molar-refractivity contribution >= 4 is 23.3 Å². The topological polar surface area (TPSA) is 78.4 Å². The molecule has 5 heteroatoms. The van der Waals surface area contributed by atoms with Crippen LogP contribution in [0.2, 0.25) is 0 Å². The average Bonchev–Trinajstić information content (AvgIpc) is 2.59. The molecule has 3 N–H and O–H groups in total. The van der Waals surface area contributed by atoms with Gasteiger partial charge in [0.05, 0.1) is 11.6 Å². The standard InChI is InChI=1S/C23H26N2O3/c1-23(2)13-16-12-15(22(27)28)10-11-18(16)24-20(23)17-8-3-4-9-19(17)25-21(26)14-6-5-7-14/h3-4,8-12,14,20,24H,5-7,13H2,1-2H3,(H,25,26)(H,27,28). The summed E-state index contributed by atoms with van der Waals surface area (Å²) in [5.74, 6) is -0.666. The Balaban J connectivity index is 1.65. The molecule has 0 bridgehead atoms. The fraction of sp³-hybridized carbons (Fsp3) is 0.391. The second kappa shape index (κ2) is 6.97. The van der Waals surface area contributed by atoms with Crippen molar-refractivity contribution in [2.75, 3.05) is 10.6 Å². The molecular formula is C23H26N2O3. The van der Waals surface area contributed by atoms with Gasteiger partial charge in [-0.15, -0.1) is 0 Å². The molecule has 1 heterocycles. The van der Waals surface area contributed by atoms with Crippen LogP contribution in [0, 0.1) is 11.3 Å². The Morgan fingerprint density at radius 1 is 1.14 bits per heavy atom. The second-order valence-electron chi connectivity index (χ2n) is 8.62. The maximum Gasteiger partial charge on any atom is 0.335 e. The molecular weight excluding hydrogens is 352 g/mol. The van der Waals surface area contributed by atoms with Gasteiger partial charge in [-0.2, -0.15) is 0 Å². The van der Waals surface area contributed by atoms with E-state index >= 15 is 0 Å². The maximum atomic E-state index is 12.5. The minimum atomic E-state index is -0.910. The molecule has 2 aliphatic rings. The van der Waals surface area contributed by atoms with Gasteiger partial charge in [-0.25, -0.2) is 4.79 Å². The van der Waals surface area contributed by atoms with Crippen LogP contribution in [0.15, 0.2) is 42.5 Å². The molecule has 0 aromatic heterocycles. The quantitative estimate of drug-likeness (QED) is 0.710. The van der Waals surface area contributed by atoms with Gasteiger partial charge in [0, 0.05) is 17.3 Å². The van der Waals surface area contributed by atoms with Crippen LogP contribution in [-0.2, 0) is 11.2 Å². The number of carboxylic acids is 1. The van der Waals surface area contributed by atoms with Crippen LogP contribution in [-0.4, -0.2) is 17.0 Å². The number of anilines is 2. The van der Waals surface area contributed by atoms with E-state index in [-0.39, 0.29) is 23.3 Å². The van der Waals surface area contributed by atoms with Gasteiger partial charge in [-0.05, 0) is 60.1 Å². The summed E-state index contributed by atoms with van der Waals surface area (Å²) in [6, 6.07) is 13.2. The highest BCUT2D eigenvalue weighted by atomic mass is 16.4. The molecule has 1 aliphatic heterocycles. The largest absolute Gasteiger partial charge is 0.478 e. The van der Waals surface area contributed by atoms with Crippen molar-refractivity contribution < 1.29 is 14.7 Å². The van der Waals surface area contributed by atoms with Crippen molar-refractivity contribution in [2.24, 2.45) is 11.3 Å². The van der Waals surface area contributed by atoms with Crippen LogP contribution in [0.4, 0.5) is 11.4 Å². The number of carbonyl (C=O) groups excluding carboxylic acids is 1. The van der Waals surface area contributed by atoms with E-state index in [2.05, 4.69) is 30.5 Å². The highest BCUT2D eigenvalue weighted by molar-refractivity contribution is 5.94. The predicted octanol–water partition coefficient (Wildman–Crippen LogP) is 4.86. The number of fused-ring (bicyclic) bond motifs is 1. The number of nitrogens with one attached hydrogen (secondary N) is 2. The number of benzene rings is 2. The Morgan fingerprint density at radius 2 is 1.89 bits per heavy atom. The van der Waals surface area contributed by atoms with E-state index in [1.54, 1.807) is 12.1 Å². The summed E-state index contributed by atoms with van der Waals surface area (Å²) in [7, 11) is 0. The zero-order valence-corrected chi connectivity index (χ0v) is 16.3. The van der Waals surface area contributed by atoms with Crippen molar-refractivity contribution in [1.82, 2.24) is 0 Å². The third kappa shape index (κ3) is 3.37. The number of amides is 1. The van der Waals surface area contributed by atoms with Crippen molar-refractivity contribution in [3.05, 3.63) is 59.2 Å². The van der Waals surface area contributed by atoms with Crippen molar-refractivity contribution in [1.29, 1.82) is 0 Å². The predicted molar refractivity (Wildman–Crippen MR) is 110 cm³/mol. The van der Waals surface area contributed by atoms with Gasteiger partial charge in [0.1, 0.15) is 0 Å². The first kappa shape index (κ1) is 18.5. The smallest absolute Gasteiger partial charge is 0.335 e. The molecule has 28 heavy (non-hydrogen) atoms. The zero-order chi connectivity index (χ0) is 19.9. The molecule has 1 saturated carbocycles. The number of hydrogen-bond acceptors (Lipinski definition) is 3. The van der Waals surface area contributed by atoms with Crippen molar-refractivity contribution in [2.45, 2.75) is 45.6 Å². The Kier molecular flexibility index (Phi) is 4.61. The number of carbonyl (C=O) groups is 2. The first-order valence-corrected chi connectivity index (χ1v) is 9.88. The monoisotopic (exact) mass is 378 g/mol. The lowest BCUT2D eigenvalue weighted by Crippen LogP contribution is -2.36. The highest BCUT2D eigenvalue weighted by Gasteiger charge is 2.37. The first-order chi connectivity index (χ1) is 13.3. The van der Waals surface area contributed by atoms with Gasteiger partial charge in [0.15, 0.2) is 0 Å². The van der Waals surface area contributed by atoms with E-state index in [0.717, 1.165) is 48.2 Å². The zero-order valence-electron chi connectivity index (χ0n) is 16.3. The van der Waals surface area contributed by atoms with Crippen LogP contribution >= 0.6 is 0 Å². The lowest BCUT2D eigenvalue weighted by Gasteiger charge is -2.42. The Hall–Kier alpha value is -2.82. The molecule has 5 nitrogen and oxygen atoms in total. The van der Waals surface area contributed by atoms with Crippen molar-refractivity contribution in [3.8, 4) is 0 Å². The summed E-state index contributed by atoms with van der Waals surface area (Å²) in [6.07, 6.45) is 3.83. The third-order valence-corrected chi connectivity index (χ3v) is 6.09. The molecule has 0 saturated heterocycles. The SMILES string of the molecule is CC1(C)Cc2cc(C(=O)O)ccc2NC1c1ccccc1NC(=O)C1CCC1. The fourth-order valence-electron chi connectivity index (χ4n) is 4.22. The minimum absolute atomic E-state index is 0.00793. The number of carboxylic acid groups (broad SMARTS) is 1. The number of aromatic carboxylic acids is 1. The Bertz CT molecular complexity index is 931. The summed E-state index contributed by atoms with van der Waals surface area (Å²) in [5.41, 5.74) is 4.04. The van der Waals surface area contributed by atoms with Crippen LogP contribution < -0.4 is 10.6 Å². The Labute approximate surface area is 165 Å². The van der Waals surface area contributed by atoms with Crippen molar-refractivity contribution in [3.63, 3.8) is 0 Å². The van der Waals surface area contributed by atoms with Crippen LogP contribution in [0.5, 0.6) is 0 Å². The average molecular weight is 378 g/mol. The molecule has 1 amide bonds. The molecule has 2 aromatic rings. The molecule has 4 rings (SSSR count). The third-order valence-electron chi connectivity index (χ3n) is 6.09. The van der Waals surface area contributed by atoms with E-state index in [4.69, 9.17) is 0 Å². The van der Waals surface area contributed by atoms with Crippen LogP contribution in [0.1, 0.15) is 60.6 Å². The minimum Gasteiger partial charge on any atom is -0.478 e. The molecule has 1 aliphatic carbocycles. The Morgan fingerprint density at radius 3 is 2.57 bits per heavy atom. The number of para-hydroxylation sites is 1. The number of hydrogen-bond donors (Lipinski definition) is 3. The molecule has 1 atom stereocenters. The summed E-state index contributed by atoms with van der Waals surface area (Å²) < 4.78 is 0. The fourth-order valence-corrected chi connectivity index (χ4v) is 4.22. The van der Waals surface area contributed by atoms with Gasteiger partial charge in [-0.3, -0.25) is 4.79 Å². The van der Waals surface area contributed by atoms with Gasteiger partial charge in [0.2, 0.25) is 5.91 Å². The summed E-state index contributed by atoms with van der Waals surface area (Å²) >= 11 is 0. The summed E-state index contributed by atoms with van der Waals surface area (Å²) in [4.78, 5) is 23.8. The molecule has 0 spiro atoms. The lowest BCUT2D eigenvalue weighted by molar-refractivity contribution is -0.122. The van der Waals surface area contributed by atoms with Gasteiger partial charge in [-0.1, -0.05) is 38.5 Å². The van der Waals surface area contributed by atoms with Gasteiger partial charge < -0.3 is 15.7 Å². The van der Waals surface area contributed by atoms with Gasteiger partial charge in [0.25, 0.3) is 0 Å². The molecule has 1 unspecified atom stereocenters. The van der Waals surface area contributed by atoms with Crippen LogP contribution in [0.3, 0.4) is 0 Å². The van der Waals surface area contributed by atoms with E-state index < -0.39 is 5.97 Å². The van der Waals surface area contributed by atoms with Crippen LogP contribution in [0.25, 0.3) is 0 Å². The van der Waals surface area contributed by atoms with E-state index in [9.17, 15) is 14.7 Å². The highest BCUT2D eigenvalue weighted by Crippen LogP contribution is 2.46. The first-order valence-electron chi connectivity index (χ1n) is 9.88. The molecule has 2 aromatic carbocycles. The normalized spacial score (nSPS) is 20.4.